The highest BCUT2D eigenvalue weighted by Gasteiger charge is 2.27. The highest BCUT2D eigenvalue weighted by atomic mass is 35.5. The number of nitrogens with zero attached hydrogens (tertiary/aromatic N) is 1. The SMILES string of the molecule is CC(NC(=O)C(Cc1c[nH]c2ccccc12)NC(=O)c1ccccc1Cl)C(=O)N(C)C. The summed E-state index contributed by atoms with van der Waals surface area (Å²) in [7, 11) is 3.24. The maximum Gasteiger partial charge on any atom is 0.253 e. The maximum absolute atomic E-state index is 13.1. The summed E-state index contributed by atoms with van der Waals surface area (Å²) >= 11 is 6.15. The van der Waals surface area contributed by atoms with Gasteiger partial charge in [-0.05, 0) is 30.7 Å². The Hall–Kier alpha value is -3.32. The topological polar surface area (TPSA) is 94.3 Å². The summed E-state index contributed by atoms with van der Waals surface area (Å²) in [4.78, 5) is 42.7. The van der Waals surface area contributed by atoms with Crippen molar-refractivity contribution in [3.05, 3.63) is 70.9 Å². The van der Waals surface area contributed by atoms with Crippen LogP contribution in [0.3, 0.4) is 0 Å². The molecule has 3 rings (SSSR count). The number of carbonyl (C=O) groups is 3. The summed E-state index contributed by atoms with van der Waals surface area (Å²) in [6.07, 6.45) is 2.07. The Bertz CT molecular complexity index is 1110. The molecule has 8 heteroatoms. The molecule has 3 aromatic rings. The quantitative estimate of drug-likeness (QED) is 0.527. The third-order valence-electron chi connectivity index (χ3n) is 5.01. The Morgan fingerprint density at radius 1 is 1.03 bits per heavy atom. The summed E-state index contributed by atoms with van der Waals surface area (Å²) in [5, 5.41) is 6.74. The molecule has 0 aliphatic rings. The molecule has 2 unspecified atom stereocenters. The number of hydrogen-bond donors (Lipinski definition) is 3. The number of para-hydroxylation sites is 1. The standard InChI is InChI=1S/C23H25ClN4O3/c1-14(23(31)28(2)3)26-22(30)20(27-21(29)17-9-4-6-10-18(17)24)12-15-13-25-19-11-7-5-8-16(15)19/h4-11,13-14,20,25H,12H2,1-3H3,(H,26,30)(H,27,29). The number of H-pyrrole nitrogens is 1. The number of nitrogens with one attached hydrogen (secondary N) is 3. The van der Waals surface area contributed by atoms with E-state index in [1.807, 2.05) is 30.5 Å². The fourth-order valence-electron chi connectivity index (χ4n) is 3.37. The first-order valence-corrected chi connectivity index (χ1v) is 10.3. The summed E-state index contributed by atoms with van der Waals surface area (Å²) in [5.41, 5.74) is 2.09. The zero-order valence-corrected chi connectivity index (χ0v) is 18.4. The van der Waals surface area contributed by atoms with E-state index in [1.165, 1.54) is 4.90 Å². The summed E-state index contributed by atoms with van der Waals surface area (Å²) in [5.74, 6) is -1.15. The van der Waals surface area contributed by atoms with Crippen molar-refractivity contribution in [1.29, 1.82) is 0 Å². The Morgan fingerprint density at radius 3 is 2.42 bits per heavy atom. The predicted molar refractivity (Wildman–Crippen MR) is 121 cm³/mol. The van der Waals surface area contributed by atoms with Gasteiger partial charge >= 0.3 is 0 Å². The molecule has 0 radical (unpaired) electrons. The Labute approximate surface area is 185 Å². The van der Waals surface area contributed by atoms with Gasteiger partial charge in [-0.25, -0.2) is 0 Å². The van der Waals surface area contributed by atoms with E-state index >= 15 is 0 Å². The van der Waals surface area contributed by atoms with Crippen LogP contribution in [0.2, 0.25) is 5.02 Å². The van der Waals surface area contributed by atoms with Crippen LogP contribution in [0.4, 0.5) is 0 Å². The summed E-state index contributed by atoms with van der Waals surface area (Å²) < 4.78 is 0. The van der Waals surface area contributed by atoms with Gasteiger partial charge in [-0.15, -0.1) is 0 Å². The predicted octanol–water partition coefficient (Wildman–Crippen LogP) is 2.76. The number of fused-ring (bicyclic) bond motifs is 1. The lowest BCUT2D eigenvalue weighted by atomic mass is 10.0. The number of aromatic nitrogens is 1. The van der Waals surface area contributed by atoms with Crippen molar-refractivity contribution in [3.8, 4) is 0 Å². The average molecular weight is 441 g/mol. The number of amides is 3. The van der Waals surface area contributed by atoms with Gasteiger partial charge < -0.3 is 20.5 Å². The molecule has 31 heavy (non-hydrogen) atoms. The van der Waals surface area contributed by atoms with E-state index in [0.29, 0.717) is 5.02 Å². The molecule has 0 aliphatic carbocycles. The van der Waals surface area contributed by atoms with Gasteiger partial charge in [-0.1, -0.05) is 41.9 Å². The molecule has 0 saturated heterocycles. The van der Waals surface area contributed by atoms with Crippen molar-refractivity contribution >= 4 is 40.2 Å². The van der Waals surface area contributed by atoms with Gasteiger partial charge in [0.25, 0.3) is 5.91 Å². The molecule has 0 saturated carbocycles. The Kier molecular flexibility index (Phi) is 6.97. The van der Waals surface area contributed by atoms with Gasteiger partial charge in [0.15, 0.2) is 0 Å². The lowest BCUT2D eigenvalue weighted by molar-refractivity contribution is -0.134. The van der Waals surface area contributed by atoms with Gasteiger partial charge in [-0.2, -0.15) is 0 Å². The normalized spacial score (nSPS) is 12.8. The van der Waals surface area contributed by atoms with Crippen molar-refractivity contribution in [2.75, 3.05) is 14.1 Å². The first-order chi connectivity index (χ1) is 14.8. The first kappa shape index (κ1) is 22.4. The number of hydrogen-bond acceptors (Lipinski definition) is 3. The fraction of sp³-hybridized carbons (Fsp3) is 0.261. The number of aromatic amines is 1. The molecule has 7 nitrogen and oxygen atoms in total. The molecular weight excluding hydrogens is 416 g/mol. The van der Waals surface area contributed by atoms with Crippen LogP contribution in [-0.2, 0) is 16.0 Å². The summed E-state index contributed by atoms with van der Waals surface area (Å²) in [6, 6.07) is 12.7. The molecular formula is C23H25ClN4O3. The van der Waals surface area contributed by atoms with Crippen LogP contribution >= 0.6 is 11.6 Å². The molecule has 1 aromatic heterocycles. The summed E-state index contributed by atoms with van der Waals surface area (Å²) in [6.45, 7) is 1.61. The Morgan fingerprint density at radius 2 is 1.71 bits per heavy atom. The molecule has 0 aliphatic heterocycles. The molecule has 162 valence electrons. The van der Waals surface area contributed by atoms with Crippen molar-refractivity contribution < 1.29 is 14.4 Å². The van der Waals surface area contributed by atoms with Crippen LogP contribution in [0, 0.1) is 0 Å². The van der Waals surface area contributed by atoms with Crippen molar-refractivity contribution in [2.24, 2.45) is 0 Å². The van der Waals surface area contributed by atoms with Crippen LogP contribution in [0.25, 0.3) is 10.9 Å². The van der Waals surface area contributed by atoms with Crippen molar-refractivity contribution in [3.63, 3.8) is 0 Å². The third kappa shape index (κ3) is 5.24. The number of likely N-dealkylation sites (N-methyl/N-ethyl adjacent to an activating group) is 1. The molecule has 3 amide bonds. The second-order valence-electron chi connectivity index (χ2n) is 7.53. The minimum absolute atomic E-state index is 0.239. The second-order valence-corrected chi connectivity index (χ2v) is 7.94. The van der Waals surface area contributed by atoms with E-state index in [-0.39, 0.29) is 17.9 Å². The molecule has 0 bridgehead atoms. The van der Waals surface area contributed by atoms with Crippen LogP contribution < -0.4 is 10.6 Å². The maximum atomic E-state index is 13.1. The van der Waals surface area contributed by atoms with E-state index in [1.54, 1.807) is 45.3 Å². The highest BCUT2D eigenvalue weighted by Crippen LogP contribution is 2.20. The van der Waals surface area contributed by atoms with Crippen molar-refractivity contribution in [1.82, 2.24) is 20.5 Å². The molecule has 2 atom stereocenters. The van der Waals surface area contributed by atoms with Gasteiger partial charge in [0.2, 0.25) is 11.8 Å². The number of carbonyl (C=O) groups excluding carboxylic acids is 3. The fourth-order valence-corrected chi connectivity index (χ4v) is 3.60. The smallest absolute Gasteiger partial charge is 0.253 e. The van der Waals surface area contributed by atoms with E-state index in [0.717, 1.165) is 16.5 Å². The van der Waals surface area contributed by atoms with E-state index in [9.17, 15) is 14.4 Å². The number of benzene rings is 2. The van der Waals surface area contributed by atoms with Gasteiger partial charge in [0, 0.05) is 37.6 Å². The molecule has 3 N–H and O–H groups in total. The Balaban J connectivity index is 1.85. The van der Waals surface area contributed by atoms with Crippen LogP contribution in [-0.4, -0.2) is 53.8 Å². The van der Waals surface area contributed by atoms with Gasteiger partial charge in [0.05, 0.1) is 10.6 Å². The van der Waals surface area contributed by atoms with Gasteiger partial charge in [0.1, 0.15) is 12.1 Å². The second kappa shape index (κ2) is 9.66. The molecule has 2 aromatic carbocycles. The van der Waals surface area contributed by atoms with Gasteiger partial charge in [-0.3, -0.25) is 14.4 Å². The molecule has 1 heterocycles. The van der Waals surface area contributed by atoms with E-state index < -0.39 is 23.9 Å². The third-order valence-corrected chi connectivity index (χ3v) is 5.34. The minimum atomic E-state index is -0.902. The average Bonchev–Trinajstić information content (AvgIpc) is 3.15. The number of halogens is 1. The lowest BCUT2D eigenvalue weighted by Crippen LogP contribution is -2.53. The van der Waals surface area contributed by atoms with Crippen LogP contribution in [0.5, 0.6) is 0 Å². The first-order valence-electron chi connectivity index (χ1n) is 9.90. The largest absolute Gasteiger partial charge is 0.361 e. The zero-order chi connectivity index (χ0) is 22.5. The number of rotatable bonds is 7. The monoisotopic (exact) mass is 440 g/mol. The molecule has 0 fully saturated rings. The molecule has 0 spiro atoms. The van der Waals surface area contributed by atoms with Crippen LogP contribution in [0.1, 0.15) is 22.8 Å². The lowest BCUT2D eigenvalue weighted by Gasteiger charge is -2.23. The van der Waals surface area contributed by atoms with E-state index in [2.05, 4.69) is 15.6 Å². The highest BCUT2D eigenvalue weighted by molar-refractivity contribution is 6.33. The van der Waals surface area contributed by atoms with E-state index in [4.69, 9.17) is 11.6 Å². The van der Waals surface area contributed by atoms with Crippen molar-refractivity contribution in [2.45, 2.75) is 25.4 Å². The zero-order valence-electron chi connectivity index (χ0n) is 17.6. The van der Waals surface area contributed by atoms with Crippen LogP contribution in [0.15, 0.2) is 54.7 Å². The minimum Gasteiger partial charge on any atom is -0.361 e.